The van der Waals surface area contributed by atoms with Crippen molar-refractivity contribution in [1.29, 1.82) is 0 Å². The lowest BCUT2D eigenvalue weighted by molar-refractivity contribution is -0.154. The van der Waals surface area contributed by atoms with E-state index in [1.807, 2.05) is 75.5 Å². The van der Waals surface area contributed by atoms with Crippen molar-refractivity contribution in [2.24, 2.45) is 0 Å². The van der Waals surface area contributed by atoms with Crippen molar-refractivity contribution < 1.29 is 14.3 Å². The van der Waals surface area contributed by atoms with Gasteiger partial charge in [-0.05, 0) is 39.3 Å². The van der Waals surface area contributed by atoms with Crippen molar-refractivity contribution in [2.45, 2.75) is 39.2 Å². The molecule has 0 aromatic carbocycles. The summed E-state index contributed by atoms with van der Waals surface area (Å²) in [6.07, 6.45) is 21.2. The first-order valence-corrected chi connectivity index (χ1v) is 8.43. The van der Waals surface area contributed by atoms with Crippen molar-refractivity contribution in [3.8, 4) is 0 Å². The number of hydrogen-bond acceptors (Lipinski definition) is 3. The van der Waals surface area contributed by atoms with Gasteiger partial charge in [-0.3, -0.25) is 9.59 Å². The zero-order chi connectivity index (χ0) is 18.5. The number of ether oxygens (including phenoxy) is 1. The second-order valence-electron chi connectivity index (χ2n) is 6.47. The molecule has 0 heterocycles. The molecule has 134 valence electrons. The van der Waals surface area contributed by atoms with Gasteiger partial charge in [0.05, 0.1) is 0 Å². The van der Waals surface area contributed by atoms with Crippen LogP contribution in [0.25, 0.3) is 0 Å². The number of carbonyl (C=O) groups excluding carboxylic acids is 2. The summed E-state index contributed by atoms with van der Waals surface area (Å²) in [4.78, 5) is 23.9. The van der Waals surface area contributed by atoms with Gasteiger partial charge in [-0.1, -0.05) is 54.7 Å². The van der Waals surface area contributed by atoms with E-state index in [1.54, 1.807) is 12.2 Å². The van der Waals surface area contributed by atoms with Crippen molar-refractivity contribution >= 4 is 11.9 Å². The third kappa shape index (κ3) is 10.7. The summed E-state index contributed by atoms with van der Waals surface area (Å²) in [6.45, 7) is 5.93. The van der Waals surface area contributed by atoms with E-state index in [-0.39, 0.29) is 18.3 Å². The van der Waals surface area contributed by atoms with Gasteiger partial charge in [-0.25, -0.2) is 0 Å². The molecule has 0 spiro atoms. The Morgan fingerprint density at radius 1 is 0.920 bits per heavy atom. The van der Waals surface area contributed by atoms with Crippen molar-refractivity contribution in [3.05, 3.63) is 72.4 Å². The van der Waals surface area contributed by atoms with E-state index in [9.17, 15) is 9.59 Å². The molecule has 0 saturated carbocycles. The highest BCUT2D eigenvalue weighted by Crippen LogP contribution is 2.09. The highest BCUT2D eigenvalue weighted by molar-refractivity contribution is 5.96. The Labute approximate surface area is 150 Å². The van der Waals surface area contributed by atoms with Crippen LogP contribution in [0, 0.1) is 0 Å². The van der Waals surface area contributed by atoms with Gasteiger partial charge in [0.25, 0.3) is 5.91 Å². The number of rotatable bonds is 5. The van der Waals surface area contributed by atoms with Crippen LogP contribution in [0.2, 0.25) is 0 Å². The molecule has 0 fully saturated rings. The maximum atomic E-state index is 12.3. The van der Waals surface area contributed by atoms with Crippen LogP contribution in [0.3, 0.4) is 0 Å². The van der Waals surface area contributed by atoms with Crippen LogP contribution in [0.1, 0.15) is 33.6 Å². The number of carbonyl (C=O) groups is 2. The molecule has 1 aliphatic rings. The number of allylic oxidation sites excluding steroid dienone is 10. The maximum Gasteiger partial charge on any atom is 0.306 e. The van der Waals surface area contributed by atoms with E-state index < -0.39 is 5.60 Å². The zero-order valence-corrected chi connectivity index (χ0v) is 15.2. The molecule has 0 radical (unpaired) electrons. The summed E-state index contributed by atoms with van der Waals surface area (Å²) in [7, 11) is 0. The van der Waals surface area contributed by atoms with Crippen LogP contribution < -0.4 is 5.32 Å². The first-order chi connectivity index (χ1) is 11.9. The molecule has 4 nitrogen and oxygen atoms in total. The van der Waals surface area contributed by atoms with E-state index in [0.717, 1.165) is 0 Å². The van der Waals surface area contributed by atoms with E-state index >= 15 is 0 Å². The molecular weight excluding hydrogens is 314 g/mol. The number of nitrogens with one attached hydrogen (secondary N) is 1. The second-order valence-corrected chi connectivity index (χ2v) is 6.47. The number of esters is 1. The first kappa shape index (κ1) is 20.4. The molecule has 0 unspecified atom stereocenters. The average molecular weight is 341 g/mol. The van der Waals surface area contributed by atoms with Crippen LogP contribution >= 0.6 is 0 Å². The largest absolute Gasteiger partial charge is 0.460 e. The Kier molecular flexibility index (Phi) is 9.01. The molecule has 0 aliphatic heterocycles. The standard InChI is InChI=1S/C21H27NO3/c1-21(2,3)25-19(23)16-13-17-22-20(24)18-14-11-9-7-5-4-6-8-10-12-15-18/h4-12,14-15H,13,16-17H2,1-3H3,(H,22,24). The van der Waals surface area contributed by atoms with Crippen LogP contribution in [-0.4, -0.2) is 24.0 Å². The topological polar surface area (TPSA) is 55.4 Å². The molecule has 1 amide bonds. The molecule has 4 heteroatoms. The van der Waals surface area contributed by atoms with Crippen LogP contribution in [0.15, 0.2) is 72.4 Å². The Hall–Kier alpha value is -2.62. The summed E-state index contributed by atoms with van der Waals surface area (Å²) < 4.78 is 5.24. The summed E-state index contributed by atoms with van der Waals surface area (Å²) in [6, 6.07) is 0. The molecule has 1 aliphatic carbocycles. The second kappa shape index (κ2) is 11.0. The fraction of sp³-hybridized carbons (Fsp3) is 0.333. The summed E-state index contributed by atoms with van der Waals surface area (Å²) >= 11 is 0. The van der Waals surface area contributed by atoms with Gasteiger partial charge in [0, 0.05) is 18.5 Å². The third-order valence-corrected chi connectivity index (χ3v) is 2.97. The number of hydrogen-bond donors (Lipinski definition) is 1. The van der Waals surface area contributed by atoms with Gasteiger partial charge in [0.15, 0.2) is 0 Å². The van der Waals surface area contributed by atoms with E-state index in [4.69, 9.17) is 4.74 Å². The maximum absolute atomic E-state index is 12.3. The van der Waals surface area contributed by atoms with Gasteiger partial charge in [-0.15, -0.1) is 0 Å². The minimum Gasteiger partial charge on any atom is -0.460 e. The fourth-order valence-corrected chi connectivity index (χ4v) is 1.90. The Balaban J connectivity index is 2.50. The van der Waals surface area contributed by atoms with Crippen LogP contribution in [0.4, 0.5) is 0 Å². The van der Waals surface area contributed by atoms with Gasteiger partial charge in [0.2, 0.25) is 0 Å². The van der Waals surface area contributed by atoms with Gasteiger partial charge < -0.3 is 10.1 Å². The highest BCUT2D eigenvalue weighted by atomic mass is 16.6. The van der Waals surface area contributed by atoms with Gasteiger partial charge >= 0.3 is 5.97 Å². The molecule has 1 rings (SSSR count). The molecule has 0 atom stereocenters. The van der Waals surface area contributed by atoms with Gasteiger partial charge in [0.1, 0.15) is 5.60 Å². The third-order valence-electron chi connectivity index (χ3n) is 2.97. The molecule has 0 aromatic rings. The molecule has 0 aromatic heterocycles. The predicted octanol–water partition coefficient (Wildman–Crippen LogP) is 3.95. The van der Waals surface area contributed by atoms with Crippen LogP contribution in [0.5, 0.6) is 0 Å². The summed E-state index contributed by atoms with van der Waals surface area (Å²) in [5.74, 6) is -0.421. The summed E-state index contributed by atoms with van der Waals surface area (Å²) in [5.41, 5.74) is 0.0729. The van der Waals surface area contributed by atoms with Crippen molar-refractivity contribution in [2.75, 3.05) is 6.54 Å². The van der Waals surface area contributed by atoms with E-state index in [1.165, 1.54) is 0 Å². The predicted molar refractivity (Wildman–Crippen MR) is 102 cm³/mol. The quantitative estimate of drug-likeness (QED) is 0.608. The highest BCUT2D eigenvalue weighted by Gasteiger charge is 2.15. The van der Waals surface area contributed by atoms with E-state index in [2.05, 4.69) is 5.32 Å². The Morgan fingerprint density at radius 2 is 1.48 bits per heavy atom. The van der Waals surface area contributed by atoms with Gasteiger partial charge in [-0.2, -0.15) is 0 Å². The lowest BCUT2D eigenvalue weighted by Crippen LogP contribution is -2.27. The summed E-state index contributed by atoms with van der Waals surface area (Å²) in [5, 5.41) is 2.83. The number of amides is 1. The smallest absolute Gasteiger partial charge is 0.306 e. The van der Waals surface area contributed by atoms with E-state index in [0.29, 0.717) is 18.5 Å². The Bertz CT molecular complexity index is 626. The first-order valence-electron chi connectivity index (χ1n) is 8.43. The Morgan fingerprint density at radius 3 is 2.08 bits per heavy atom. The zero-order valence-electron chi connectivity index (χ0n) is 15.2. The normalized spacial score (nSPS) is 14.4. The average Bonchev–Trinajstić information content (AvgIpc) is 2.50. The minimum atomic E-state index is -0.479. The SMILES string of the molecule is CC(C)(C)OC(=O)CCCNC(=O)C1=CC=CC=CC=CC=CC=C1. The minimum absolute atomic E-state index is 0.171. The molecule has 25 heavy (non-hydrogen) atoms. The monoisotopic (exact) mass is 341 g/mol. The van der Waals surface area contributed by atoms with Crippen molar-refractivity contribution in [3.63, 3.8) is 0 Å². The van der Waals surface area contributed by atoms with Crippen LogP contribution in [-0.2, 0) is 14.3 Å². The molecule has 0 saturated heterocycles. The molecule has 0 bridgehead atoms. The molecular formula is C21H27NO3. The lowest BCUT2D eigenvalue weighted by atomic mass is 10.2. The fourth-order valence-electron chi connectivity index (χ4n) is 1.90. The van der Waals surface area contributed by atoms with Crippen molar-refractivity contribution in [1.82, 2.24) is 5.32 Å². The lowest BCUT2D eigenvalue weighted by Gasteiger charge is -2.19. The molecule has 1 N–H and O–H groups in total.